The SMILES string of the molecule is C[C@H](NCc1cnccn1)c1ccccc1Cl. The maximum Gasteiger partial charge on any atom is 0.0724 e. The summed E-state index contributed by atoms with van der Waals surface area (Å²) in [7, 11) is 0. The van der Waals surface area contributed by atoms with Gasteiger partial charge in [0.25, 0.3) is 0 Å². The standard InChI is InChI=1S/C13H14ClN3/c1-10(12-4-2-3-5-13(12)14)17-9-11-8-15-6-7-16-11/h2-8,10,17H,9H2,1H3/t10-/m0/s1. The summed E-state index contributed by atoms with van der Waals surface area (Å²) in [6.45, 7) is 2.76. The molecule has 0 aliphatic heterocycles. The smallest absolute Gasteiger partial charge is 0.0724 e. The minimum absolute atomic E-state index is 0.186. The molecule has 0 fully saturated rings. The molecule has 0 aliphatic carbocycles. The molecule has 0 spiro atoms. The summed E-state index contributed by atoms with van der Waals surface area (Å²) in [5.74, 6) is 0. The first-order valence-corrected chi connectivity index (χ1v) is 5.88. The Kier molecular flexibility index (Phi) is 4.07. The number of hydrogen-bond donors (Lipinski definition) is 1. The summed E-state index contributed by atoms with van der Waals surface area (Å²) in [4.78, 5) is 8.23. The Morgan fingerprint density at radius 1 is 1.29 bits per heavy atom. The Bertz CT molecular complexity index is 473. The monoisotopic (exact) mass is 247 g/mol. The third kappa shape index (κ3) is 3.25. The van der Waals surface area contributed by atoms with Gasteiger partial charge in [0.05, 0.1) is 5.69 Å². The van der Waals surface area contributed by atoms with Crippen molar-refractivity contribution in [1.29, 1.82) is 0 Å². The third-order valence-corrected chi connectivity index (χ3v) is 2.92. The molecule has 1 heterocycles. The van der Waals surface area contributed by atoms with E-state index in [4.69, 9.17) is 11.6 Å². The molecule has 88 valence electrons. The zero-order chi connectivity index (χ0) is 12.1. The van der Waals surface area contributed by atoms with E-state index >= 15 is 0 Å². The minimum atomic E-state index is 0.186. The summed E-state index contributed by atoms with van der Waals surface area (Å²) in [6.07, 6.45) is 5.12. The fourth-order valence-corrected chi connectivity index (χ4v) is 1.91. The minimum Gasteiger partial charge on any atom is -0.304 e. The number of aromatic nitrogens is 2. The Labute approximate surface area is 106 Å². The van der Waals surface area contributed by atoms with E-state index < -0.39 is 0 Å². The van der Waals surface area contributed by atoms with Gasteiger partial charge >= 0.3 is 0 Å². The molecule has 0 amide bonds. The van der Waals surface area contributed by atoms with Crippen molar-refractivity contribution in [3.8, 4) is 0 Å². The summed E-state index contributed by atoms with van der Waals surface area (Å²) < 4.78 is 0. The lowest BCUT2D eigenvalue weighted by Crippen LogP contribution is -2.19. The van der Waals surface area contributed by atoms with Crippen molar-refractivity contribution in [3.05, 3.63) is 59.1 Å². The van der Waals surface area contributed by atoms with Crippen molar-refractivity contribution in [2.75, 3.05) is 0 Å². The zero-order valence-electron chi connectivity index (χ0n) is 9.60. The molecule has 0 radical (unpaired) electrons. The molecule has 0 bridgehead atoms. The molecule has 17 heavy (non-hydrogen) atoms. The van der Waals surface area contributed by atoms with E-state index in [9.17, 15) is 0 Å². The van der Waals surface area contributed by atoms with Crippen LogP contribution in [-0.2, 0) is 6.54 Å². The van der Waals surface area contributed by atoms with E-state index in [-0.39, 0.29) is 6.04 Å². The van der Waals surface area contributed by atoms with E-state index in [0.717, 1.165) is 16.3 Å². The van der Waals surface area contributed by atoms with Crippen molar-refractivity contribution in [2.24, 2.45) is 0 Å². The number of benzene rings is 1. The van der Waals surface area contributed by atoms with Crippen LogP contribution >= 0.6 is 11.6 Å². The summed E-state index contributed by atoms with van der Waals surface area (Å²) in [5.41, 5.74) is 2.02. The van der Waals surface area contributed by atoms with Crippen LogP contribution < -0.4 is 5.32 Å². The van der Waals surface area contributed by atoms with Crippen LogP contribution in [-0.4, -0.2) is 9.97 Å². The molecule has 1 N–H and O–H groups in total. The molecular weight excluding hydrogens is 234 g/mol. The molecule has 1 atom stereocenters. The molecule has 0 saturated carbocycles. The Balaban J connectivity index is 1.99. The average molecular weight is 248 g/mol. The van der Waals surface area contributed by atoms with Crippen LogP contribution in [0.2, 0.25) is 5.02 Å². The van der Waals surface area contributed by atoms with Crippen LogP contribution in [0.15, 0.2) is 42.9 Å². The first-order valence-electron chi connectivity index (χ1n) is 5.50. The fourth-order valence-electron chi connectivity index (χ4n) is 1.62. The van der Waals surface area contributed by atoms with Gasteiger partial charge in [-0.15, -0.1) is 0 Å². The highest BCUT2D eigenvalue weighted by atomic mass is 35.5. The number of rotatable bonds is 4. The molecule has 2 rings (SSSR count). The van der Waals surface area contributed by atoms with E-state index in [1.807, 2.05) is 24.3 Å². The molecule has 4 heteroatoms. The lowest BCUT2D eigenvalue weighted by atomic mass is 10.1. The second-order valence-electron chi connectivity index (χ2n) is 3.82. The quantitative estimate of drug-likeness (QED) is 0.903. The van der Waals surface area contributed by atoms with Crippen molar-refractivity contribution in [3.63, 3.8) is 0 Å². The topological polar surface area (TPSA) is 37.8 Å². The van der Waals surface area contributed by atoms with Crippen molar-refractivity contribution < 1.29 is 0 Å². The number of halogens is 1. The van der Waals surface area contributed by atoms with Crippen molar-refractivity contribution in [1.82, 2.24) is 15.3 Å². The van der Waals surface area contributed by atoms with Crippen LogP contribution in [0.25, 0.3) is 0 Å². The van der Waals surface area contributed by atoms with E-state index in [1.54, 1.807) is 18.6 Å². The second-order valence-corrected chi connectivity index (χ2v) is 4.23. The van der Waals surface area contributed by atoms with E-state index in [0.29, 0.717) is 6.54 Å². The van der Waals surface area contributed by atoms with Gasteiger partial charge in [-0.2, -0.15) is 0 Å². The molecule has 1 aromatic carbocycles. The summed E-state index contributed by atoms with van der Waals surface area (Å²) >= 11 is 6.13. The van der Waals surface area contributed by atoms with Gasteiger partial charge in [0.1, 0.15) is 0 Å². The molecule has 0 aliphatic rings. The van der Waals surface area contributed by atoms with Crippen molar-refractivity contribution in [2.45, 2.75) is 19.5 Å². The number of nitrogens with zero attached hydrogens (tertiary/aromatic N) is 2. The zero-order valence-corrected chi connectivity index (χ0v) is 10.4. The predicted octanol–water partition coefficient (Wildman–Crippen LogP) is 2.98. The molecule has 1 aromatic heterocycles. The Hall–Kier alpha value is -1.45. The normalized spacial score (nSPS) is 12.4. The highest BCUT2D eigenvalue weighted by molar-refractivity contribution is 6.31. The first kappa shape index (κ1) is 12.0. The van der Waals surface area contributed by atoms with Crippen LogP contribution in [0.1, 0.15) is 24.2 Å². The highest BCUT2D eigenvalue weighted by Crippen LogP contribution is 2.22. The van der Waals surface area contributed by atoms with Gasteiger partial charge in [-0.05, 0) is 18.6 Å². The third-order valence-electron chi connectivity index (χ3n) is 2.58. The largest absolute Gasteiger partial charge is 0.304 e. The van der Waals surface area contributed by atoms with Gasteiger partial charge < -0.3 is 5.32 Å². The van der Waals surface area contributed by atoms with E-state index in [2.05, 4.69) is 22.2 Å². The number of hydrogen-bond acceptors (Lipinski definition) is 3. The van der Waals surface area contributed by atoms with Gasteiger partial charge in [0.15, 0.2) is 0 Å². The van der Waals surface area contributed by atoms with Crippen LogP contribution in [0.5, 0.6) is 0 Å². The second kappa shape index (κ2) is 5.75. The van der Waals surface area contributed by atoms with Crippen molar-refractivity contribution >= 4 is 11.6 Å². The fraction of sp³-hybridized carbons (Fsp3) is 0.231. The van der Waals surface area contributed by atoms with Gasteiger partial charge in [0, 0.05) is 36.2 Å². The number of nitrogens with one attached hydrogen (secondary N) is 1. The maximum atomic E-state index is 6.13. The van der Waals surface area contributed by atoms with E-state index in [1.165, 1.54) is 0 Å². The highest BCUT2D eigenvalue weighted by Gasteiger charge is 2.08. The van der Waals surface area contributed by atoms with Gasteiger partial charge in [-0.25, -0.2) is 0 Å². The first-order chi connectivity index (χ1) is 8.27. The molecule has 3 nitrogen and oxygen atoms in total. The predicted molar refractivity (Wildman–Crippen MR) is 68.7 cm³/mol. The van der Waals surface area contributed by atoms with Crippen LogP contribution in [0.3, 0.4) is 0 Å². The Morgan fingerprint density at radius 2 is 2.12 bits per heavy atom. The molecule has 0 unspecified atom stereocenters. The van der Waals surface area contributed by atoms with Crippen LogP contribution in [0.4, 0.5) is 0 Å². The molecule has 0 saturated heterocycles. The lowest BCUT2D eigenvalue weighted by molar-refractivity contribution is 0.566. The Morgan fingerprint density at radius 3 is 2.82 bits per heavy atom. The van der Waals surface area contributed by atoms with Gasteiger partial charge in [-0.1, -0.05) is 29.8 Å². The van der Waals surface area contributed by atoms with Gasteiger partial charge in [0.2, 0.25) is 0 Å². The maximum absolute atomic E-state index is 6.13. The van der Waals surface area contributed by atoms with Crippen LogP contribution in [0, 0.1) is 0 Å². The molecule has 2 aromatic rings. The molecular formula is C13H14ClN3. The summed E-state index contributed by atoms with van der Waals surface area (Å²) in [5, 5.41) is 4.15. The average Bonchev–Trinajstić information content (AvgIpc) is 2.38. The summed E-state index contributed by atoms with van der Waals surface area (Å²) in [6, 6.07) is 8.03. The lowest BCUT2D eigenvalue weighted by Gasteiger charge is -2.15. The van der Waals surface area contributed by atoms with Gasteiger partial charge in [-0.3, -0.25) is 9.97 Å².